The predicted octanol–water partition coefficient (Wildman–Crippen LogP) is 1.53. The third-order valence-corrected chi connectivity index (χ3v) is 1.67. The monoisotopic (exact) mass is 157 g/mol. The summed E-state index contributed by atoms with van der Waals surface area (Å²) in [5.41, 5.74) is -0.0988. The Labute approximate surface area is 67.5 Å². The highest BCUT2D eigenvalue weighted by molar-refractivity contribution is 5.32. The summed E-state index contributed by atoms with van der Waals surface area (Å²) in [6.45, 7) is 4.57. The summed E-state index contributed by atoms with van der Waals surface area (Å²) in [5, 5.41) is 0. The molecule has 0 rings (SSSR count). The molecule has 0 N–H and O–H groups in total. The van der Waals surface area contributed by atoms with Crippen molar-refractivity contribution in [3.8, 4) is 0 Å². The molecule has 0 aliphatic carbocycles. The summed E-state index contributed by atoms with van der Waals surface area (Å²) < 4.78 is 5.18. The molecule has 0 aromatic rings. The van der Waals surface area contributed by atoms with Crippen LogP contribution in [-0.2, 0) is 9.53 Å². The molecule has 0 saturated carbocycles. The number of isocyanates is 1. The van der Waals surface area contributed by atoms with Gasteiger partial charge >= 0.3 is 0 Å². The average Bonchev–Trinajstić information content (AvgIpc) is 1.99. The van der Waals surface area contributed by atoms with Crippen LogP contribution in [0.15, 0.2) is 4.99 Å². The van der Waals surface area contributed by atoms with E-state index in [1.807, 2.05) is 13.8 Å². The van der Waals surface area contributed by atoms with Crippen molar-refractivity contribution in [1.82, 2.24) is 0 Å². The molecule has 0 aromatic heterocycles. The second-order valence-electron chi connectivity index (χ2n) is 3.04. The van der Waals surface area contributed by atoms with Gasteiger partial charge in [0.1, 0.15) is 0 Å². The van der Waals surface area contributed by atoms with Gasteiger partial charge in [0.25, 0.3) is 0 Å². The Morgan fingerprint density at radius 1 is 1.55 bits per heavy atom. The first-order valence-electron chi connectivity index (χ1n) is 3.71. The summed E-state index contributed by atoms with van der Waals surface area (Å²) in [6, 6.07) is 0. The zero-order valence-electron chi connectivity index (χ0n) is 7.39. The molecule has 0 saturated heterocycles. The molecule has 0 atom stereocenters. The second kappa shape index (κ2) is 5.05. The molecule has 0 aliphatic heterocycles. The number of carbonyl (C=O) groups excluding carboxylic acids is 1. The van der Waals surface area contributed by atoms with Crippen LogP contribution in [0.25, 0.3) is 0 Å². The minimum Gasteiger partial charge on any atom is -0.379 e. The lowest BCUT2D eigenvalue weighted by atomic mass is 10.0. The van der Waals surface area contributed by atoms with E-state index in [-0.39, 0.29) is 5.60 Å². The highest BCUT2D eigenvalue weighted by Gasteiger charge is 2.14. The quantitative estimate of drug-likeness (QED) is 0.345. The minimum atomic E-state index is -0.0988. The minimum absolute atomic E-state index is 0.0988. The number of nitrogens with zero attached hydrogens (tertiary/aromatic N) is 1. The summed E-state index contributed by atoms with van der Waals surface area (Å²) in [7, 11) is 1.68. The third kappa shape index (κ3) is 5.77. The molecule has 0 unspecified atom stereocenters. The first-order chi connectivity index (χ1) is 5.12. The van der Waals surface area contributed by atoms with Crippen LogP contribution in [0.1, 0.15) is 26.7 Å². The Morgan fingerprint density at radius 3 is 2.64 bits per heavy atom. The highest BCUT2D eigenvalue weighted by Crippen LogP contribution is 2.14. The number of hydrogen-bond acceptors (Lipinski definition) is 3. The van der Waals surface area contributed by atoms with Crippen molar-refractivity contribution in [2.24, 2.45) is 4.99 Å². The van der Waals surface area contributed by atoms with Crippen molar-refractivity contribution in [1.29, 1.82) is 0 Å². The van der Waals surface area contributed by atoms with E-state index in [4.69, 9.17) is 4.74 Å². The van der Waals surface area contributed by atoms with E-state index in [0.29, 0.717) is 6.54 Å². The molecule has 0 radical (unpaired) electrons. The molecular weight excluding hydrogens is 142 g/mol. The second-order valence-corrected chi connectivity index (χ2v) is 3.04. The van der Waals surface area contributed by atoms with Crippen molar-refractivity contribution in [2.75, 3.05) is 13.7 Å². The third-order valence-electron chi connectivity index (χ3n) is 1.67. The first kappa shape index (κ1) is 10.3. The molecule has 0 heterocycles. The largest absolute Gasteiger partial charge is 0.379 e. The maximum atomic E-state index is 9.68. The van der Waals surface area contributed by atoms with Crippen LogP contribution in [0.5, 0.6) is 0 Å². The van der Waals surface area contributed by atoms with E-state index in [9.17, 15) is 4.79 Å². The topological polar surface area (TPSA) is 38.7 Å². The summed E-state index contributed by atoms with van der Waals surface area (Å²) in [6.07, 6.45) is 3.29. The molecule has 11 heavy (non-hydrogen) atoms. The van der Waals surface area contributed by atoms with Gasteiger partial charge < -0.3 is 4.74 Å². The van der Waals surface area contributed by atoms with Gasteiger partial charge in [0.2, 0.25) is 6.08 Å². The van der Waals surface area contributed by atoms with Gasteiger partial charge in [0, 0.05) is 7.11 Å². The van der Waals surface area contributed by atoms with Gasteiger partial charge in [-0.3, -0.25) is 0 Å². The van der Waals surface area contributed by atoms with Crippen LogP contribution in [0.4, 0.5) is 0 Å². The van der Waals surface area contributed by atoms with Crippen molar-refractivity contribution < 1.29 is 9.53 Å². The van der Waals surface area contributed by atoms with E-state index >= 15 is 0 Å². The van der Waals surface area contributed by atoms with E-state index in [2.05, 4.69) is 4.99 Å². The average molecular weight is 157 g/mol. The van der Waals surface area contributed by atoms with Crippen molar-refractivity contribution >= 4 is 6.08 Å². The van der Waals surface area contributed by atoms with Crippen LogP contribution >= 0.6 is 0 Å². The lowest BCUT2D eigenvalue weighted by molar-refractivity contribution is 0.0144. The van der Waals surface area contributed by atoms with Crippen LogP contribution in [0.2, 0.25) is 0 Å². The lowest BCUT2D eigenvalue weighted by Gasteiger charge is -2.21. The van der Waals surface area contributed by atoms with Gasteiger partial charge in [-0.25, -0.2) is 9.79 Å². The smallest absolute Gasteiger partial charge is 0.234 e. The number of methoxy groups -OCH3 is 1. The molecule has 0 aromatic carbocycles. The zero-order chi connectivity index (χ0) is 8.74. The molecular formula is C8H15NO2. The van der Waals surface area contributed by atoms with E-state index in [1.165, 1.54) is 6.08 Å². The summed E-state index contributed by atoms with van der Waals surface area (Å²) in [5.74, 6) is 0. The maximum Gasteiger partial charge on any atom is 0.234 e. The molecule has 0 amide bonds. The van der Waals surface area contributed by atoms with E-state index < -0.39 is 0 Å². The molecule has 0 aliphatic rings. The molecule has 3 heteroatoms. The summed E-state index contributed by atoms with van der Waals surface area (Å²) >= 11 is 0. The highest BCUT2D eigenvalue weighted by atomic mass is 16.5. The standard InChI is InChI=1S/C8H15NO2/c1-8(2,11-3)5-4-6-9-7-10/h4-6H2,1-3H3. The number of ether oxygens (including phenoxy) is 1. The number of rotatable bonds is 5. The van der Waals surface area contributed by atoms with Crippen LogP contribution < -0.4 is 0 Å². The molecule has 0 spiro atoms. The fraction of sp³-hybridized carbons (Fsp3) is 0.875. The fourth-order valence-electron chi connectivity index (χ4n) is 0.732. The molecule has 0 bridgehead atoms. The predicted molar refractivity (Wildman–Crippen MR) is 43.3 cm³/mol. The van der Waals surface area contributed by atoms with Crippen molar-refractivity contribution in [3.63, 3.8) is 0 Å². The van der Waals surface area contributed by atoms with Gasteiger partial charge in [-0.05, 0) is 26.7 Å². The maximum absolute atomic E-state index is 9.68. The van der Waals surface area contributed by atoms with Gasteiger partial charge in [0.05, 0.1) is 12.1 Å². The SMILES string of the molecule is COC(C)(C)CCCN=C=O. The summed E-state index contributed by atoms with van der Waals surface area (Å²) in [4.78, 5) is 13.1. The lowest BCUT2D eigenvalue weighted by Crippen LogP contribution is -2.22. The fourth-order valence-corrected chi connectivity index (χ4v) is 0.732. The normalized spacial score (nSPS) is 10.8. The van der Waals surface area contributed by atoms with Crippen LogP contribution in [-0.4, -0.2) is 25.3 Å². The molecule has 3 nitrogen and oxygen atoms in total. The van der Waals surface area contributed by atoms with Gasteiger partial charge in [0.15, 0.2) is 0 Å². The Kier molecular flexibility index (Phi) is 4.75. The van der Waals surface area contributed by atoms with Crippen LogP contribution in [0.3, 0.4) is 0 Å². The Hall–Kier alpha value is -0.660. The number of aliphatic imine (C=N–C) groups is 1. The van der Waals surface area contributed by atoms with Crippen molar-refractivity contribution in [2.45, 2.75) is 32.3 Å². The Bertz CT molecular complexity index is 148. The van der Waals surface area contributed by atoms with Gasteiger partial charge in [-0.2, -0.15) is 0 Å². The molecule has 64 valence electrons. The van der Waals surface area contributed by atoms with E-state index in [1.54, 1.807) is 7.11 Å². The van der Waals surface area contributed by atoms with Gasteiger partial charge in [-0.1, -0.05) is 0 Å². The zero-order valence-corrected chi connectivity index (χ0v) is 7.39. The first-order valence-corrected chi connectivity index (χ1v) is 3.71. The Balaban J connectivity index is 3.45. The van der Waals surface area contributed by atoms with E-state index in [0.717, 1.165) is 12.8 Å². The van der Waals surface area contributed by atoms with Crippen LogP contribution in [0, 0.1) is 0 Å². The van der Waals surface area contributed by atoms with Gasteiger partial charge in [-0.15, -0.1) is 0 Å². The number of hydrogen-bond donors (Lipinski definition) is 0. The molecule has 0 fully saturated rings. The Morgan fingerprint density at radius 2 is 2.18 bits per heavy atom. The van der Waals surface area contributed by atoms with Crippen molar-refractivity contribution in [3.05, 3.63) is 0 Å².